The van der Waals surface area contributed by atoms with Gasteiger partial charge in [0.05, 0.1) is 15.6 Å². The second-order valence-electron chi connectivity index (χ2n) is 4.44. The van der Waals surface area contributed by atoms with Crippen molar-refractivity contribution in [1.82, 2.24) is 0 Å². The lowest BCUT2D eigenvalue weighted by Crippen LogP contribution is -2.07. The lowest BCUT2D eigenvalue weighted by atomic mass is 10.2. The summed E-state index contributed by atoms with van der Waals surface area (Å²) >= 11 is 2.69. The average Bonchev–Trinajstić information content (AvgIpc) is 2.44. The number of hydrogen-bond donors (Lipinski definition) is 2. The minimum Gasteiger partial charge on any atom is -0.508 e. The van der Waals surface area contributed by atoms with Crippen LogP contribution < -0.4 is 0 Å². The van der Waals surface area contributed by atoms with E-state index in [1.165, 1.54) is 0 Å². The fraction of sp³-hybridized carbons (Fsp3) is 0.143. The van der Waals surface area contributed by atoms with E-state index in [2.05, 4.69) is 15.9 Å². The summed E-state index contributed by atoms with van der Waals surface area (Å²) in [5.74, 6) is -4.06. The lowest BCUT2D eigenvalue weighted by Gasteiger charge is -2.08. The minimum atomic E-state index is -4.79. The van der Waals surface area contributed by atoms with Crippen LogP contribution in [0.25, 0.3) is 0 Å². The maximum Gasteiger partial charge on any atom is 0.419 e. The topological polar surface area (TPSA) is 40.5 Å². The molecule has 0 spiro atoms. The standard InChI is InChI=1S/C7H3BrF4O.C7H4F4O/c8-4-2-5(9)3(1-6(4)13)7(10,11)12;8-6-2-1-4(12)3-5(6)7(9,10)11/h1-2,13H;1-3,12H. The minimum absolute atomic E-state index is 0.113. The van der Waals surface area contributed by atoms with Crippen molar-refractivity contribution in [1.29, 1.82) is 0 Å². The van der Waals surface area contributed by atoms with Crippen molar-refractivity contribution in [3.05, 3.63) is 57.6 Å². The predicted octanol–water partition coefficient (Wildman–Crippen LogP) is 5.86. The number of phenols is 2. The summed E-state index contributed by atoms with van der Waals surface area (Å²) in [6, 6.07) is 2.66. The van der Waals surface area contributed by atoms with Crippen molar-refractivity contribution in [2.45, 2.75) is 12.4 Å². The molecular formula is C14H7BrF8O2. The third kappa shape index (κ3) is 5.76. The Labute approximate surface area is 143 Å². The second kappa shape index (κ2) is 7.46. The van der Waals surface area contributed by atoms with Crippen LogP contribution in [0.4, 0.5) is 35.1 Å². The molecule has 0 aromatic heterocycles. The number of halogens is 9. The summed E-state index contributed by atoms with van der Waals surface area (Å²) in [7, 11) is 0. The van der Waals surface area contributed by atoms with Gasteiger partial charge in [0, 0.05) is 0 Å². The molecule has 0 amide bonds. The van der Waals surface area contributed by atoms with E-state index in [1.54, 1.807) is 0 Å². The molecule has 2 aromatic carbocycles. The van der Waals surface area contributed by atoms with Gasteiger partial charge >= 0.3 is 12.4 Å². The molecule has 0 saturated heterocycles. The first-order chi connectivity index (χ1) is 11.2. The molecule has 0 heterocycles. The van der Waals surface area contributed by atoms with Gasteiger partial charge in [-0.3, -0.25) is 0 Å². The van der Waals surface area contributed by atoms with Crippen molar-refractivity contribution in [2.75, 3.05) is 0 Å². The van der Waals surface area contributed by atoms with Gasteiger partial charge in [-0.05, 0) is 46.3 Å². The molecule has 0 aliphatic rings. The van der Waals surface area contributed by atoms with Crippen LogP contribution in [-0.2, 0) is 12.4 Å². The fourth-order valence-electron chi connectivity index (χ4n) is 1.49. The van der Waals surface area contributed by atoms with Crippen molar-refractivity contribution >= 4 is 15.9 Å². The molecule has 2 rings (SSSR count). The third-order valence-electron chi connectivity index (χ3n) is 2.60. The third-order valence-corrected chi connectivity index (χ3v) is 3.23. The normalized spacial score (nSPS) is 11.7. The van der Waals surface area contributed by atoms with Crippen molar-refractivity contribution in [2.24, 2.45) is 0 Å². The molecule has 25 heavy (non-hydrogen) atoms. The largest absolute Gasteiger partial charge is 0.508 e. The van der Waals surface area contributed by atoms with Gasteiger partial charge in [-0.25, -0.2) is 8.78 Å². The Kier molecular flexibility index (Phi) is 6.27. The molecule has 2 aromatic rings. The van der Waals surface area contributed by atoms with Crippen LogP contribution in [0.1, 0.15) is 11.1 Å². The molecule has 0 aliphatic carbocycles. The van der Waals surface area contributed by atoms with Gasteiger partial charge in [0.25, 0.3) is 0 Å². The Morgan fingerprint density at radius 2 is 1.20 bits per heavy atom. The number of hydrogen-bond acceptors (Lipinski definition) is 2. The summed E-state index contributed by atoms with van der Waals surface area (Å²) in [6.45, 7) is 0. The van der Waals surface area contributed by atoms with Gasteiger partial charge in [-0.15, -0.1) is 0 Å². The van der Waals surface area contributed by atoms with E-state index in [9.17, 15) is 35.1 Å². The highest BCUT2D eigenvalue weighted by Crippen LogP contribution is 2.36. The average molecular weight is 439 g/mol. The summed E-state index contributed by atoms with van der Waals surface area (Å²) in [5, 5.41) is 17.5. The molecular weight excluding hydrogens is 432 g/mol. The van der Waals surface area contributed by atoms with Crippen molar-refractivity contribution in [3.63, 3.8) is 0 Å². The highest BCUT2D eigenvalue weighted by Gasteiger charge is 2.35. The predicted molar refractivity (Wildman–Crippen MR) is 73.8 cm³/mol. The first-order valence-electron chi connectivity index (χ1n) is 6.04. The number of alkyl halides is 6. The highest BCUT2D eigenvalue weighted by molar-refractivity contribution is 9.10. The maximum atomic E-state index is 12.7. The zero-order chi connectivity index (χ0) is 19.6. The van der Waals surface area contributed by atoms with Gasteiger partial charge in [0.15, 0.2) is 0 Å². The van der Waals surface area contributed by atoms with Gasteiger partial charge in [-0.1, -0.05) is 0 Å². The van der Waals surface area contributed by atoms with Crippen LogP contribution in [0.15, 0.2) is 34.8 Å². The molecule has 0 radical (unpaired) electrons. The first kappa shape index (κ1) is 21.0. The van der Waals surface area contributed by atoms with Gasteiger partial charge in [0.2, 0.25) is 0 Å². The summed E-state index contributed by atoms with van der Waals surface area (Å²) < 4.78 is 96.6. The van der Waals surface area contributed by atoms with Crippen LogP contribution >= 0.6 is 15.9 Å². The van der Waals surface area contributed by atoms with E-state index in [0.29, 0.717) is 24.3 Å². The molecule has 138 valence electrons. The quantitative estimate of drug-likeness (QED) is 0.505. The number of aromatic hydroxyl groups is 2. The lowest BCUT2D eigenvalue weighted by molar-refractivity contribution is -0.140. The Morgan fingerprint density at radius 1 is 0.720 bits per heavy atom. The van der Waals surface area contributed by atoms with E-state index in [1.807, 2.05) is 0 Å². The molecule has 0 fully saturated rings. The zero-order valence-corrected chi connectivity index (χ0v) is 13.3. The van der Waals surface area contributed by atoms with Gasteiger partial charge < -0.3 is 10.2 Å². The molecule has 0 unspecified atom stereocenters. The molecule has 0 atom stereocenters. The number of benzene rings is 2. The fourth-order valence-corrected chi connectivity index (χ4v) is 1.80. The molecule has 2 nitrogen and oxygen atoms in total. The smallest absolute Gasteiger partial charge is 0.419 e. The molecule has 0 bridgehead atoms. The SMILES string of the molecule is Oc1cc(C(F)(F)F)c(F)cc1Br.Oc1ccc(F)c(C(F)(F)F)c1. The Morgan fingerprint density at radius 3 is 1.64 bits per heavy atom. The van der Waals surface area contributed by atoms with E-state index in [0.717, 1.165) is 6.07 Å². The molecule has 0 aliphatic heterocycles. The first-order valence-corrected chi connectivity index (χ1v) is 6.83. The van der Waals surface area contributed by atoms with Crippen LogP contribution in [-0.4, -0.2) is 10.2 Å². The van der Waals surface area contributed by atoms with Crippen LogP contribution in [0.3, 0.4) is 0 Å². The summed E-state index contributed by atoms with van der Waals surface area (Å²) in [4.78, 5) is 0. The Balaban J connectivity index is 0.000000251. The zero-order valence-electron chi connectivity index (χ0n) is 11.7. The van der Waals surface area contributed by atoms with Crippen LogP contribution in [0.2, 0.25) is 0 Å². The highest BCUT2D eigenvalue weighted by atomic mass is 79.9. The van der Waals surface area contributed by atoms with Crippen LogP contribution in [0, 0.1) is 11.6 Å². The van der Waals surface area contributed by atoms with Crippen LogP contribution in [0.5, 0.6) is 11.5 Å². The Bertz CT molecular complexity index is 756. The number of rotatable bonds is 0. The van der Waals surface area contributed by atoms with E-state index >= 15 is 0 Å². The summed E-state index contributed by atoms with van der Waals surface area (Å²) in [6.07, 6.45) is -9.55. The summed E-state index contributed by atoms with van der Waals surface area (Å²) in [5.41, 5.74) is -2.93. The van der Waals surface area contributed by atoms with Crippen molar-refractivity contribution in [3.8, 4) is 11.5 Å². The van der Waals surface area contributed by atoms with E-state index < -0.39 is 46.6 Å². The molecule has 2 N–H and O–H groups in total. The monoisotopic (exact) mass is 438 g/mol. The maximum absolute atomic E-state index is 12.7. The number of phenolic OH excluding ortho intramolecular Hbond substituents is 2. The van der Waals surface area contributed by atoms with Crippen molar-refractivity contribution < 1.29 is 45.3 Å². The Hall–Kier alpha value is -2.04. The molecule has 11 heteroatoms. The van der Waals surface area contributed by atoms with E-state index in [4.69, 9.17) is 10.2 Å². The van der Waals surface area contributed by atoms with Gasteiger partial charge in [0.1, 0.15) is 23.1 Å². The van der Waals surface area contributed by atoms with Gasteiger partial charge in [-0.2, -0.15) is 26.3 Å². The second-order valence-corrected chi connectivity index (χ2v) is 5.30. The van der Waals surface area contributed by atoms with E-state index in [-0.39, 0.29) is 4.47 Å². The molecule has 0 saturated carbocycles.